The Balaban J connectivity index is 0.00000280. The highest BCUT2D eigenvalue weighted by Gasteiger charge is 2.32. The maximum atomic E-state index is 12.9. The van der Waals surface area contributed by atoms with Gasteiger partial charge in [0.05, 0.1) is 25.2 Å². The van der Waals surface area contributed by atoms with Crippen molar-refractivity contribution in [3.05, 3.63) is 107 Å². The van der Waals surface area contributed by atoms with Crippen molar-refractivity contribution < 1.29 is 9.28 Å². The molecule has 3 rings (SSSR count). The summed E-state index contributed by atoms with van der Waals surface area (Å²) in [5.74, 6) is 0.155. The van der Waals surface area contributed by atoms with Crippen LogP contribution in [-0.2, 0) is 4.79 Å². The summed E-state index contributed by atoms with van der Waals surface area (Å²) in [5.41, 5.74) is 3.98. The van der Waals surface area contributed by atoms with Gasteiger partial charge in [-0.3, -0.25) is 4.79 Å². The van der Waals surface area contributed by atoms with E-state index in [-0.39, 0.29) is 29.8 Å². The number of rotatable bonds is 4. The van der Waals surface area contributed by atoms with Crippen LogP contribution >= 0.6 is 24.0 Å². The topological polar surface area (TPSA) is 17.1 Å². The van der Waals surface area contributed by atoms with Crippen LogP contribution in [-0.4, -0.2) is 37.5 Å². The number of Topliss-reactive ketones (excluding diaryl/α,β-unsaturated/α-hetero) is 1. The number of halogens is 1. The molecule has 1 fully saturated rings. The second kappa shape index (κ2) is 10.3. The fraction of sp³-hybridized carbons (Fsp3) is 0.160. The first-order chi connectivity index (χ1) is 13.0. The molecule has 0 atom stereocenters. The molecule has 0 bridgehead atoms. The molecule has 28 heavy (non-hydrogen) atoms. The van der Waals surface area contributed by atoms with Crippen molar-refractivity contribution in [1.29, 1.82) is 0 Å². The Morgan fingerprint density at radius 2 is 1.11 bits per heavy atom. The van der Waals surface area contributed by atoms with Crippen LogP contribution in [0.25, 0.3) is 12.2 Å². The smallest absolute Gasteiger partial charge is 0.196 e. The Kier molecular flexibility index (Phi) is 8.15. The minimum absolute atomic E-state index is 0. The minimum atomic E-state index is 0. The zero-order valence-electron chi connectivity index (χ0n) is 16.4. The molecule has 2 nitrogen and oxygen atoms in total. The van der Waals surface area contributed by atoms with Gasteiger partial charge in [0, 0.05) is 0 Å². The Labute approximate surface area is 185 Å². The fourth-order valence-electron chi connectivity index (χ4n) is 3.26. The van der Waals surface area contributed by atoms with Crippen LogP contribution in [0.15, 0.2) is 96.1 Å². The van der Waals surface area contributed by atoms with E-state index in [9.17, 15) is 4.79 Å². The lowest BCUT2D eigenvalue weighted by atomic mass is 9.95. The van der Waals surface area contributed by atoms with Crippen molar-refractivity contribution in [3.8, 4) is 0 Å². The highest BCUT2D eigenvalue weighted by molar-refractivity contribution is 14.0. The third kappa shape index (κ3) is 6.43. The summed E-state index contributed by atoms with van der Waals surface area (Å²) in [4.78, 5) is 12.9. The molecule has 0 saturated carbocycles. The standard InChI is InChI=1S/C25H26NO.HI/c1-26(2)19-23(17-9-15-21-11-5-3-6-12-21)25(27)24(20-26)18-10-16-22-13-7-4-8-14-22;/h3-18H,19-20H2,1-2H3;1H/q+1;/b15-9+,16-10+,23-17-,24-18+;. The van der Waals surface area contributed by atoms with E-state index in [0.29, 0.717) is 0 Å². The molecule has 0 aliphatic carbocycles. The van der Waals surface area contributed by atoms with Crippen molar-refractivity contribution >= 4 is 41.9 Å². The minimum Gasteiger partial charge on any atom is -0.321 e. The van der Waals surface area contributed by atoms with Crippen LogP contribution in [0.4, 0.5) is 0 Å². The predicted molar refractivity (Wildman–Crippen MR) is 129 cm³/mol. The molecule has 2 aromatic rings. The lowest BCUT2D eigenvalue weighted by Crippen LogP contribution is -2.48. The summed E-state index contributed by atoms with van der Waals surface area (Å²) in [7, 11) is 4.33. The van der Waals surface area contributed by atoms with E-state index in [1.165, 1.54) is 0 Å². The van der Waals surface area contributed by atoms with Crippen molar-refractivity contribution in [3.63, 3.8) is 0 Å². The third-order valence-corrected chi connectivity index (χ3v) is 4.55. The molecule has 0 radical (unpaired) electrons. The van der Waals surface area contributed by atoms with Crippen LogP contribution < -0.4 is 0 Å². The monoisotopic (exact) mass is 484 g/mol. The second-order valence-electron chi connectivity index (χ2n) is 7.50. The van der Waals surface area contributed by atoms with E-state index in [2.05, 4.69) is 38.4 Å². The number of carbonyl (C=O) groups is 1. The van der Waals surface area contributed by atoms with E-state index >= 15 is 0 Å². The number of carbonyl (C=O) groups excluding carboxylic acids is 1. The van der Waals surface area contributed by atoms with Gasteiger partial charge in [0.2, 0.25) is 0 Å². The maximum absolute atomic E-state index is 12.9. The van der Waals surface area contributed by atoms with Crippen LogP contribution in [0.5, 0.6) is 0 Å². The molecule has 0 spiro atoms. The van der Waals surface area contributed by atoms with Gasteiger partial charge in [0.25, 0.3) is 0 Å². The number of ketones is 1. The number of nitrogens with zero attached hydrogens (tertiary/aromatic N) is 1. The van der Waals surface area contributed by atoms with Gasteiger partial charge in [-0.2, -0.15) is 0 Å². The Hall–Kier alpha value is -2.24. The number of hydrogen-bond acceptors (Lipinski definition) is 1. The lowest BCUT2D eigenvalue weighted by Gasteiger charge is -2.35. The zero-order valence-corrected chi connectivity index (χ0v) is 18.7. The maximum Gasteiger partial charge on any atom is 0.196 e. The van der Waals surface area contributed by atoms with Gasteiger partial charge in [-0.1, -0.05) is 85.0 Å². The van der Waals surface area contributed by atoms with E-state index in [1.54, 1.807) is 0 Å². The zero-order chi connectivity index (χ0) is 19.1. The van der Waals surface area contributed by atoms with Gasteiger partial charge in [0.1, 0.15) is 13.1 Å². The van der Waals surface area contributed by atoms with E-state index in [4.69, 9.17) is 0 Å². The summed E-state index contributed by atoms with van der Waals surface area (Å²) in [6, 6.07) is 20.3. The molecule has 144 valence electrons. The van der Waals surface area contributed by atoms with E-state index < -0.39 is 0 Å². The molecule has 1 aliphatic heterocycles. The fourth-order valence-corrected chi connectivity index (χ4v) is 3.26. The molecule has 1 saturated heterocycles. The van der Waals surface area contributed by atoms with Crippen molar-refractivity contribution in [2.75, 3.05) is 27.2 Å². The number of quaternary nitrogens is 1. The van der Waals surface area contributed by atoms with Gasteiger partial charge in [-0.25, -0.2) is 0 Å². The molecular weight excluding hydrogens is 457 g/mol. The average Bonchev–Trinajstić information content (AvgIpc) is 2.66. The van der Waals surface area contributed by atoms with Crippen molar-refractivity contribution in [1.82, 2.24) is 0 Å². The summed E-state index contributed by atoms with van der Waals surface area (Å²) in [5, 5.41) is 0. The quantitative estimate of drug-likeness (QED) is 0.316. The number of piperidine rings is 1. The molecular formula is C25H27INO+. The van der Waals surface area contributed by atoms with Crippen LogP contribution in [0, 0.1) is 0 Å². The summed E-state index contributed by atoms with van der Waals surface area (Å²) in [6.45, 7) is 1.50. The Morgan fingerprint density at radius 1 is 0.714 bits per heavy atom. The van der Waals surface area contributed by atoms with Crippen LogP contribution in [0.1, 0.15) is 11.1 Å². The normalized spacial score (nSPS) is 19.4. The number of likely N-dealkylation sites (N-methyl/N-ethyl adjacent to an activating group) is 1. The van der Waals surface area contributed by atoms with Crippen molar-refractivity contribution in [2.24, 2.45) is 0 Å². The number of likely N-dealkylation sites (tertiary alicyclic amines) is 1. The highest BCUT2D eigenvalue weighted by Crippen LogP contribution is 2.21. The summed E-state index contributed by atoms with van der Waals surface area (Å²) >= 11 is 0. The van der Waals surface area contributed by atoms with Gasteiger partial charge >= 0.3 is 0 Å². The second-order valence-corrected chi connectivity index (χ2v) is 7.50. The van der Waals surface area contributed by atoms with Gasteiger partial charge in [-0.05, 0) is 23.3 Å². The highest BCUT2D eigenvalue weighted by atomic mass is 127. The molecule has 0 amide bonds. The predicted octanol–water partition coefficient (Wildman–Crippen LogP) is 5.54. The molecule has 3 heteroatoms. The molecule has 1 aliphatic rings. The summed E-state index contributed by atoms with van der Waals surface area (Å²) in [6.07, 6.45) is 11.9. The van der Waals surface area contributed by atoms with Crippen molar-refractivity contribution in [2.45, 2.75) is 0 Å². The lowest BCUT2D eigenvalue weighted by molar-refractivity contribution is -0.881. The summed E-state index contributed by atoms with van der Waals surface area (Å²) < 4.78 is 0.780. The number of hydrogen-bond donors (Lipinski definition) is 0. The average molecular weight is 484 g/mol. The van der Waals surface area contributed by atoms with Gasteiger partial charge < -0.3 is 4.48 Å². The first-order valence-corrected chi connectivity index (χ1v) is 9.25. The first kappa shape index (κ1) is 22.1. The van der Waals surface area contributed by atoms with E-state index in [1.807, 2.05) is 72.9 Å². The first-order valence-electron chi connectivity index (χ1n) is 9.25. The van der Waals surface area contributed by atoms with E-state index in [0.717, 1.165) is 39.8 Å². The van der Waals surface area contributed by atoms with Gasteiger partial charge in [-0.15, -0.1) is 24.0 Å². The van der Waals surface area contributed by atoms with Crippen LogP contribution in [0.3, 0.4) is 0 Å². The van der Waals surface area contributed by atoms with Crippen LogP contribution in [0.2, 0.25) is 0 Å². The van der Waals surface area contributed by atoms with Gasteiger partial charge in [0.15, 0.2) is 5.78 Å². The number of allylic oxidation sites excluding steroid dienone is 4. The number of benzene rings is 2. The molecule has 0 N–H and O–H groups in total. The Morgan fingerprint density at radius 3 is 1.50 bits per heavy atom. The molecule has 0 unspecified atom stereocenters. The molecule has 2 aromatic carbocycles. The molecule has 0 aromatic heterocycles. The third-order valence-electron chi connectivity index (χ3n) is 4.55. The molecule has 1 heterocycles. The SMILES string of the molecule is C[N+]1(C)C/C(=C/C=C/c2ccccc2)C(=O)/C(=C/C=C/c2ccccc2)C1.I. The largest absolute Gasteiger partial charge is 0.321 e. The Bertz CT molecular complexity index is 833.